The molecule has 5 nitrogen and oxygen atoms in total. The zero-order chi connectivity index (χ0) is 18.5. The third kappa shape index (κ3) is 4.66. The second-order valence-electron chi connectivity index (χ2n) is 6.66. The van der Waals surface area contributed by atoms with Gasteiger partial charge < -0.3 is 10.3 Å². The van der Waals surface area contributed by atoms with E-state index < -0.39 is 0 Å². The van der Waals surface area contributed by atoms with E-state index in [1.54, 1.807) is 11.9 Å². The molecule has 2 heterocycles. The molecule has 0 aliphatic heterocycles. The Morgan fingerprint density at radius 3 is 2.96 bits per heavy atom. The number of para-hydroxylation sites is 2. The lowest BCUT2D eigenvalue weighted by Crippen LogP contribution is -2.33. The Balaban J connectivity index is 1.20. The van der Waals surface area contributed by atoms with E-state index in [-0.39, 0.29) is 0 Å². The predicted octanol–water partition coefficient (Wildman–Crippen LogP) is 3.93. The third-order valence-corrected chi connectivity index (χ3v) is 5.43. The number of pyridine rings is 1. The van der Waals surface area contributed by atoms with Gasteiger partial charge in [-0.05, 0) is 54.6 Å². The quantitative estimate of drug-likeness (QED) is 0.321. The average Bonchev–Trinajstić information content (AvgIpc) is 3.12. The van der Waals surface area contributed by atoms with Crippen molar-refractivity contribution in [2.45, 2.75) is 24.3 Å². The van der Waals surface area contributed by atoms with Crippen LogP contribution in [0.2, 0.25) is 0 Å². The van der Waals surface area contributed by atoms with Crippen LogP contribution in [0.4, 0.5) is 0 Å². The monoisotopic (exact) mass is 377 g/mol. The standard InChI is InChI=1S/C21H23N5S/c1-15(26-27-18-7-6-17-14-23-10-8-16(17)12-18)13-22-11-9-21-24-19-4-2-3-5-20(19)25-21/h2-8,10,12,14-15,22,26H,9,11,13H2,1H3,(H,24,25)/t15-/m1/s1. The number of imidazole rings is 1. The normalized spacial score (nSPS) is 12.6. The SMILES string of the molecule is C[C@H](CNCCc1nc2ccccc2[nH]1)NSc1ccc2cnccc2c1. The maximum absolute atomic E-state index is 4.61. The number of nitrogens with one attached hydrogen (secondary N) is 3. The first kappa shape index (κ1) is 18.0. The van der Waals surface area contributed by atoms with Crippen LogP contribution in [0.5, 0.6) is 0 Å². The highest BCUT2D eigenvalue weighted by molar-refractivity contribution is 7.97. The van der Waals surface area contributed by atoms with Crippen LogP contribution in [0.15, 0.2) is 65.8 Å². The van der Waals surface area contributed by atoms with Crippen molar-refractivity contribution in [2.75, 3.05) is 13.1 Å². The van der Waals surface area contributed by atoms with E-state index >= 15 is 0 Å². The van der Waals surface area contributed by atoms with Crippen LogP contribution in [-0.4, -0.2) is 34.1 Å². The molecule has 6 heteroatoms. The zero-order valence-electron chi connectivity index (χ0n) is 15.3. The molecule has 0 saturated carbocycles. The fourth-order valence-electron chi connectivity index (χ4n) is 2.98. The van der Waals surface area contributed by atoms with E-state index in [2.05, 4.69) is 56.2 Å². The van der Waals surface area contributed by atoms with Crippen LogP contribution in [0.25, 0.3) is 21.8 Å². The third-order valence-electron chi connectivity index (χ3n) is 4.42. The minimum absolute atomic E-state index is 0.360. The van der Waals surface area contributed by atoms with Crippen molar-refractivity contribution in [3.05, 3.63) is 66.7 Å². The summed E-state index contributed by atoms with van der Waals surface area (Å²) in [6.07, 6.45) is 4.62. The largest absolute Gasteiger partial charge is 0.342 e. The molecular formula is C21H23N5S. The fourth-order valence-corrected chi connectivity index (χ4v) is 3.73. The lowest BCUT2D eigenvalue weighted by atomic mass is 10.2. The summed E-state index contributed by atoms with van der Waals surface area (Å²) in [7, 11) is 0. The molecule has 138 valence electrons. The van der Waals surface area contributed by atoms with Crippen LogP contribution in [0, 0.1) is 0 Å². The topological polar surface area (TPSA) is 65.6 Å². The van der Waals surface area contributed by atoms with Gasteiger partial charge in [-0.1, -0.05) is 18.2 Å². The molecule has 0 saturated heterocycles. The lowest BCUT2D eigenvalue weighted by molar-refractivity contribution is 0.582. The fraction of sp³-hybridized carbons (Fsp3) is 0.238. The van der Waals surface area contributed by atoms with Gasteiger partial charge in [0.1, 0.15) is 5.82 Å². The number of H-pyrrole nitrogens is 1. The number of rotatable bonds is 8. The smallest absolute Gasteiger partial charge is 0.108 e. The molecule has 1 atom stereocenters. The molecule has 3 N–H and O–H groups in total. The van der Waals surface area contributed by atoms with Gasteiger partial charge in [-0.3, -0.25) is 9.71 Å². The molecule has 4 aromatic rings. The Morgan fingerprint density at radius 1 is 1.11 bits per heavy atom. The summed E-state index contributed by atoms with van der Waals surface area (Å²) in [5.74, 6) is 1.03. The molecular weight excluding hydrogens is 354 g/mol. The highest BCUT2D eigenvalue weighted by Crippen LogP contribution is 2.21. The number of aromatic nitrogens is 3. The van der Waals surface area contributed by atoms with Gasteiger partial charge in [0.2, 0.25) is 0 Å². The first-order chi connectivity index (χ1) is 13.3. The van der Waals surface area contributed by atoms with Crippen LogP contribution in [0.1, 0.15) is 12.7 Å². The van der Waals surface area contributed by atoms with Gasteiger partial charge in [0, 0.05) is 48.2 Å². The number of fused-ring (bicyclic) bond motifs is 2. The molecule has 0 radical (unpaired) electrons. The number of hydrogen-bond acceptors (Lipinski definition) is 5. The summed E-state index contributed by atoms with van der Waals surface area (Å²) in [6, 6.07) is 17.0. The van der Waals surface area contributed by atoms with E-state index in [1.807, 2.05) is 36.7 Å². The van der Waals surface area contributed by atoms with Crippen molar-refractivity contribution < 1.29 is 0 Å². The minimum Gasteiger partial charge on any atom is -0.342 e. The van der Waals surface area contributed by atoms with Gasteiger partial charge in [0.05, 0.1) is 11.0 Å². The Kier molecular flexibility index (Phi) is 5.67. The van der Waals surface area contributed by atoms with E-state index in [0.717, 1.165) is 36.4 Å². The number of aromatic amines is 1. The van der Waals surface area contributed by atoms with Crippen molar-refractivity contribution in [3.63, 3.8) is 0 Å². The van der Waals surface area contributed by atoms with Crippen LogP contribution >= 0.6 is 11.9 Å². The second kappa shape index (κ2) is 8.52. The Hall–Kier alpha value is -2.41. The molecule has 0 spiro atoms. The lowest BCUT2D eigenvalue weighted by Gasteiger charge is -2.14. The molecule has 0 unspecified atom stereocenters. The maximum atomic E-state index is 4.61. The van der Waals surface area contributed by atoms with Crippen molar-refractivity contribution in [3.8, 4) is 0 Å². The average molecular weight is 378 g/mol. The van der Waals surface area contributed by atoms with E-state index in [0.29, 0.717) is 6.04 Å². The summed E-state index contributed by atoms with van der Waals surface area (Å²) in [4.78, 5) is 13.3. The molecule has 0 aliphatic rings. The molecule has 0 aliphatic carbocycles. The summed E-state index contributed by atoms with van der Waals surface area (Å²) in [5, 5.41) is 5.88. The van der Waals surface area contributed by atoms with Gasteiger partial charge >= 0.3 is 0 Å². The highest BCUT2D eigenvalue weighted by atomic mass is 32.2. The number of benzene rings is 2. The van der Waals surface area contributed by atoms with E-state index in [1.165, 1.54) is 15.7 Å². The first-order valence-electron chi connectivity index (χ1n) is 9.18. The summed E-state index contributed by atoms with van der Waals surface area (Å²) < 4.78 is 3.50. The summed E-state index contributed by atoms with van der Waals surface area (Å²) >= 11 is 1.67. The molecule has 0 amide bonds. The molecule has 2 aromatic carbocycles. The van der Waals surface area contributed by atoms with Crippen molar-refractivity contribution in [1.29, 1.82) is 0 Å². The predicted molar refractivity (Wildman–Crippen MR) is 113 cm³/mol. The Morgan fingerprint density at radius 2 is 2.04 bits per heavy atom. The maximum Gasteiger partial charge on any atom is 0.108 e. The van der Waals surface area contributed by atoms with E-state index in [9.17, 15) is 0 Å². The van der Waals surface area contributed by atoms with Gasteiger partial charge in [-0.2, -0.15) is 0 Å². The van der Waals surface area contributed by atoms with Gasteiger partial charge in [-0.15, -0.1) is 0 Å². The van der Waals surface area contributed by atoms with Crippen LogP contribution in [-0.2, 0) is 6.42 Å². The Labute approximate surface area is 163 Å². The van der Waals surface area contributed by atoms with Gasteiger partial charge in [0.15, 0.2) is 0 Å². The van der Waals surface area contributed by atoms with E-state index in [4.69, 9.17) is 0 Å². The number of hydrogen-bond donors (Lipinski definition) is 3. The number of nitrogens with zero attached hydrogens (tertiary/aromatic N) is 2. The van der Waals surface area contributed by atoms with Crippen LogP contribution < -0.4 is 10.0 Å². The molecule has 0 bridgehead atoms. The summed E-state index contributed by atoms with van der Waals surface area (Å²) in [5.41, 5.74) is 2.13. The molecule has 4 rings (SSSR count). The first-order valence-corrected chi connectivity index (χ1v) is 10.00. The van der Waals surface area contributed by atoms with Crippen molar-refractivity contribution >= 4 is 33.8 Å². The second-order valence-corrected chi connectivity index (χ2v) is 7.57. The minimum atomic E-state index is 0.360. The molecule has 2 aromatic heterocycles. The van der Waals surface area contributed by atoms with Crippen molar-refractivity contribution in [2.24, 2.45) is 0 Å². The van der Waals surface area contributed by atoms with Gasteiger partial charge in [0.25, 0.3) is 0 Å². The highest BCUT2D eigenvalue weighted by Gasteiger charge is 2.05. The zero-order valence-corrected chi connectivity index (χ0v) is 16.1. The van der Waals surface area contributed by atoms with Crippen LogP contribution in [0.3, 0.4) is 0 Å². The molecule has 0 fully saturated rings. The van der Waals surface area contributed by atoms with Crippen molar-refractivity contribution in [1.82, 2.24) is 25.0 Å². The van der Waals surface area contributed by atoms with Gasteiger partial charge in [-0.25, -0.2) is 4.98 Å². The Bertz CT molecular complexity index is 996. The summed E-state index contributed by atoms with van der Waals surface area (Å²) in [6.45, 7) is 4.00. The molecule has 27 heavy (non-hydrogen) atoms.